The second-order valence-electron chi connectivity index (χ2n) is 6.33. The molecule has 1 aromatic carbocycles. The van der Waals surface area contributed by atoms with Crippen molar-refractivity contribution in [3.63, 3.8) is 0 Å². The summed E-state index contributed by atoms with van der Waals surface area (Å²) in [6.45, 7) is 3.97. The van der Waals surface area contributed by atoms with Crippen LogP contribution in [0.5, 0.6) is 5.75 Å². The lowest BCUT2D eigenvalue weighted by atomic mass is 10.2. The van der Waals surface area contributed by atoms with Gasteiger partial charge in [-0.25, -0.2) is 9.97 Å². The van der Waals surface area contributed by atoms with E-state index in [0.717, 1.165) is 30.0 Å². The maximum Gasteiger partial charge on any atom is 0.270 e. The first-order chi connectivity index (χ1) is 12.5. The topological polar surface area (TPSA) is 79.4 Å². The Labute approximate surface area is 154 Å². The van der Waals surface area contributed by atoms with Gasteiger partial charge in [-0.05, 0) is 57.7 Å². The third kappa shape index (κ3) is 6.33. The summed E-state index contributed by atoms with van der Waals surface area (Å²) < 4.78 is 5.15. The molecule has 0 saturated carbocycles. The second kappa shape index (κ2) is 9.72. The lowest BCUT2D eigenvalue weighted by Crippen LogP contribution is -2.28. The van der Waals surface area contributed by atoms with E-state index in [9.17, 15) is 4.79 Å². The van der Waals surface area contributed by atoms with Crippen molar-refractivity contribution in [3.8, 4) is 5.75 Å². The maximum absolute atomic E-state index is 12.3. The second-order valence-corrected chi connectivity index (χ2v) is 6.33. The Morgan fingerprint density at radius 3 is 2.58 bits per heavy atom. The summed E-state index contributed by atoms with van der Waals surface area (Å²) in [5.41, 5.74) is 2.20. The molecule has 7 heteroatoms. The number of ether oxygens (including phenoxy) is 1. The summed E-state index contributed by atoms with van der Waals surface area (Å²) >= 11 is 0. The van der Waals surface area contributed by atoms with Gasteiger partial charge in [0.1, 0.15) is 11.4 Å². The molecule has 0 atom stereocenters. The van der Waals surface area contributed by atoms with Crippen molar-refractivity contribution in [2.75, 3.05) is 39.6 Å². The van der Waals surface area contributed by atoms with Crippen LogP contribution in [0, 0.1) is 6.92 Å². The quantitative estimate of drug-likeness (QED) is 0.669. The third-order valence-electron chi connectivity index (χ3n) is 3.76. The fourth-order valence-corrected chi connectivity index (χ4v) is 2.38. The first kappa shape index (κ1) is 19.7. The molecule has 0 radical (unpaired) electrons. The lowest BCUT2D eigenvalue weighted by molar-refractivity contribution is 0.0947. The summed E-state index contributed by atoms with van der Waals surface area (Å²) in [6.07, 6.45) is 0.894. The van der Waals surface area contributed by atoms with Crippen LogP contribution in [0.3, 0.4) is 0 Å². The number of nitrogens with one attached hydrogen (secondary N) is 2. The summed E-state index contributed by atoms with van der Waals surface area (Å²) in [5.74, 6) is 1.08. The SMILES string of the molecule is COc1ccc(CNc2nc(C)cc(C(=O)NCCCN(C)C)n2)cc1. The van der Waals surface area contributed by atoms with Crippen molar-refractivity contribution in [2.24, 2.45) is 0 Å². The van der Waals surface area contributed by atoms with Crippen LogP contribution in [0.4, 0.5) is 5.95 Å². The number of aromatic nitrogens is 2. The zero-order chi connectivity index (χ0) is 18.9. The lowest BCUT2D eigenvalue weighted by Gasteiger charge is -2.11. The van der Waals surface area contributed by atoms with Gasteiger partial charge in [0.05, 0.1) is 7.11 Å². The van der Waals surface area contributed by atoms with Crippen LogP contribution in [-0.2, 0) is 6.54 Å². The van der Waals surface area contributed by atoms with E-state index >= 15 is 0 Å². The largest absolute Gasteiger partial charge is 0.497 e. The molecule has 2 rings (SSSR count). The average molecular weight is 357 g/mol. The predicted octanol–water partition coefficient (Wildman–Crippen LogP) is 2.09. The summed E-state index contributed by atoms with van der Waals surface area (Å²) in [5, 5.41) is 6.06. The molecule has 1 aromatic heterocycles. The van der Waals surface area contributed by atoms with E-state index < -0.39 is 0 Å². The van der Waals surface area contributed by atoms with Crippen LogP contribution >= 0.6 is 0 Å². The first-order valence-corrected chi connectivity index (χ1v) is 8.63. The number of rotatable bonds is 9. The number of aryl methyl sites for hydroxylation is 1. The number of hydrogen-bond acceptors (Lipinski definition) is 6. The molecule has 0 unspecified atom stereocenters. The van der Waals surface area contributed by atoms with E-state index in [1.165, 1.54) is 0 Å². The molecule has 0 aliphatic heterocycles. The van der Waals surface area contributed by atoms with Gasteiger partial charge in [-0.15, -0.1) is 0 Å². The smallest absolute Gasteiger partial charge is 0.270 e. The number of benzene rings is 1. The van der Waals surface area contributed by atoms with Crippen molar-refractivity contribution in [1.82, 2.24) is 20.2 Å². The van der Waals surface area contributed by atoms with Crippen molar-refractivity contribution >= 4 is 11.9 Å². The summed E-state index contributed by atoms with van der Waals surface area (Å²) in [7, 11) is 5.66. The Kier molecular flexibility index (Phi) is 7.35. The standard InChI is InChI=1S/C19H27N5O2/c1-14-12-17(18(25)20-10-5-11-24(2)3)23-19(22-14)21-13-15-6-8-16(26-4)9-7-15/h6-9,12H,5,10-11,13H2,1-4H3,(H,20,25)(H,21,22,23). The summed E-state index contributed by atoms with van der Waals surface area (Å²) in [4.78, 5) is 23.0. The first-order valence-electron chi connectivity index (χ1n) is 8.63. The Hall–Kier alpha value is -2.67. The Morgan fingerprint density at radius 2 is 1.92 bits per heavy atom. The van der Waals surface area contributed by atoms with E-state index in [0.29, 0.717) is 24.7 Å². The van der Waals surface area contributed by atoms with Crippen LogP contribution < -0.4 is 15.4 Å². The number of methoxy groups -OCH3 is 1. The predicted molar refractivity (Wildman–Crippen MR) is 103 cm³/mol. The van der Waals surface area contributed by atoms with Crippen LogP contribution in [0.15, 0.2) is 30.3 Å². The maximum atomic E-state index is 12.3. The fourth-order valence-electron chi connectivity index (χ4n) is 2.38. The van der Waals surface area contributed by atoms with Gasteiger partial charge in [0.2, 0.25) is 5.95 Å². The fraction of sp³-hybridized carbons (Fsp3) is 0.421. The van der Waals surface area contributed by atoms with E-state index in [1.54, 1.807) is 13.2 Å². The van der Waals surface area contributed by atoms with Gasteiger partial charge in [0.25, 0.3) is 5.91 Å². The molecule has 0 bridgehead atoms. The Morgan fingerprint density at radius 1 is 1.19 bits per heavy atom. The van der Waals surface area contributed by atoms with Crippen LogP contribution in [0.1, 0.15) is 28.2 Å². The molecule has 0 spiro atoms. The minimum atomic E-state index is -0.179. The number of carbonyl (C=O) groups excluding carboxylic acids is 1. The van der Waals surface area contributed by atoms with Crippen molar-refractivity contribution < 1.29 is 9.53 Å². The molecule has 140 valence electrons. The highest BCUT2D eigenvalue weighted by molar-refractivity contribution is 5.92. The van der Waals surface area contributed by atoms with Gasteiger partial charge in [0.15, 0.2) is 0 Å². The van der Waals surface area contributed by atoms with E-state index in [4.69, 9.17) is 4.74 Å². The molecule has 1 amide bonds. The third-order valence-corrected chi connectivity index (χ3v) is 3.76. The van der Waals surface area contributed by atoms with Gasteiger partial charge in [-0.3, -0.25) is 4.79 Å². The van der Waals surface area contributed by atoms with E-state index in [-0.39, 0.29) is 5.91 Å². The molecule has 7 nitrogen and oxygen atoms in total. The normalized spacial score (nSPS) is 10.7. The number of carbonyl (C=O) groups is 1. The molecule has 0 aliphatic carbocycles. The van der Waals surface area contributed by atoms with Crippen molar-refractivity contribution in [1.29, 1.82) is 0 Å². The highest BCUT2D eigenvalue weighted by Crippen LogP contribution is 2.12. The number of anilines is 1. The van der Waals surface area contributed by atoms with Gasteiger partial charge in [-0.1, -0.05) is 12.1 Å². The van der Waals surface area contributed by atoms with Crippen molar-refractivity contribution in [2.45, 2.75) is 19.9 Å². The minimum absolute atomic E-state index is 0.179. The number of nitrogens with zero attached hydrogens (tertiary/aromatic N) is 3. The Balaban J connectivity index is 1.93. The van der Waals surface area contributed by atoms with Crippen molar-refractivity contribution in [3.05, 3.63) is 47.3 Å². The molecular weight excluding hydrogens is 330 g/mol. The molecule has 0 saturated heterocycles. The average Bonchev–Trinajstić information content (AvgIpc) is 2.63. The van der Waals surface area contributed by atoms with Crippen LogP contribution in [0.25, 0.3) is 0 Å². The van der Waals surface area contributed by atoms with E-state index in [2.05, 4.69) is 25.5 Å². The number of amides is 1. The molecule has 0 fully saturated rings. The van der Waals surface area contributed by atoms with Gasteiger partial charge in [0, 0.05) is 18.8 Å². The van der Waals surface area contributed by atoms with Crippen LogP contribution in [0.2, 0.25) is 0 Å². The Bertz CT molecular complexity index is 716. The van der Waals surface area contributed by atoms with Gasteiger partial charge >= 0.3 is 0 Å². The van der Waals surface area contributed by atoms with E-state index in [1.807, 2.05) is 45.3 Å². The zero-order valence-electron chi connectivity index (χ0n) is 15.9. The molecule has 2 N–H and O–H groups in total. The molecule has 26 heavy (non-hydrogen) atoms. The number of hydrogen-bond donors (Lipinski definition) is 2. The molecule has 1 heterocycles. The highest BCUT2D eigenvalue weighted by Gasteiger charge is 2.10. The molecule has 0 aliphatic rings. The molecule has 2 aromatic rings. The molecular formula is C19H27N5O2. The highest BCUT2D eigenvalue weighted by atomic mass is 16.5. The van der Waals surface area contributed by atoms with Gasteiger partial charge < -0.3 is 20.3 Å². The summed E-state index contributed by atoms with van der Waals surface area (Å²) in [6, 6.07) is 9.45. The zero-order valence-corrected chi connectivity index (χ0v) is 15.9. The van der Waals surface area contributed by atoms with Gasteiger partial charge in [-0.2, -0.15) is 0 Å². The van der Waals surface area contributed by atoms with Crippen LogP contribution in [-0.4, -0.2) is 55.1 Å². The monoisotopic (exact) mass is 357 g/mol. The minimum Gasteiger partial charge on any atom is -0.497 e.